The van der Waals surface area contributed by atoms with Gasteiger partial charge in [0.15, 0.2) is 23.0 Å². The van der Waals surface area contributed by atoms with Crippen molar-refractivity contribution in [3.63, 3.8) is 0 Å². The van der Waals surface area contributed by atoms with Crippen LogP contribution in [0.25, 0.3) is 0 Å². The summed E-state index contributed by atoms with van der Waals surface area (Å²) >= 11 is 6.62. The molecule has 2 aliphatic heterocycles. The molecule has 1 saturated heterocycles. The standard InChI is InChI=1S/C21H19ClO8/c1-26-14-5-10(17(22)20(27-2)19(14)24)15-8-3-12-13(30-7-29-12)4-9(8)18(23)11-6-28-21(25)16(11)15/h3-5,11,15-16,18,23-24H,6-7H2,1-2H3/t11-,15-,16-,18+/m0/s1. The van der Waals surface area contributed by atoms with Crippen molar-refractivity contribution >= 4 is 17.6 Å². The summed E-state index contributed by atoms with van der Waals surface area (Å²) in [6, 6.07) is 5.08. The van der Waals surface area contributed by atoms with E-state index < -0.39 is 29.8 Å². The summed E-state index contributed by atoms with van der Waals surface area (Å²) < 4.78 is 26.9. The van der Waals surface area contributed by atoms with E-state index in [1.165, 1.54) is 14.2 Å². The quantitative estimate of drug-likeness (QED) is 0.711. The average Bonchev–Trinajstić information content (AvgIpc) is 3.35. The molecule has 3 aliphatic rings. The molecular weight excluding hydrogens is 416 g/mol. The number of methoxy groups -OCH3 is 2. The molecule has 0 bridgehead atoms. The number of phenols is 1. The number of hydrogen-bond donors (Lipinski definition) is 2. The Morgan fingerprint density at radius 3 is 2.40 bits per heavy atom. The number of hydrogen-bond acceptors (Lipinski definition) is 8. The van der Waals surface area contributed by atoms with Crippen molar-refractivity contribution in [2.24, 2.45) is 11.8 Å². The molecule has 1 aliphatic carbocycles. The fraction of sp³-hybridized carbons (Fsp3) is 0.381. The Labute approximate surface area is 176 Å². The van der Waals surface area contributed by atoms with Crippen LogP contribution >= 0.6 is 11.6 Å². The highest BCUT2D eigenvalue weighted by Crippen LogP contribution is 2.57. The van der Waals surface area contributed by atoms with Gasteiger partial charge >= 0.3 is 5.97 Å². The maximum atomic E-state index is 12.7. The molecule has 0 spiro atoms. The van der Waals surface area contributed by atoms with E-state index in [1.807, 2.05) is 0 Å². The van der Waals surface area contributed by atoms with Gasteiger partial charge in [0.05, 0.1) is 37.9 Å². The minimum atomic E-state index is -0.915. The van der Waals surface area contributed by atoms with E-state index in [0.29, 0.717) is 28.2 Å². The van der Waals surface area contributed by atoms with Crippen LogP contribution in [0, 0.1) is 11.8 Å². The molecule has 2 aromatic carbocycles. The van der Waals surface area contributed by atoms with Gasteiger partial charge in [-0.05, 0) is 34.9 Å². The second-order valence-electron chi connectivity index (χ2n) is 7.44. The minimum absolute atomic E-state index is 0.0438. The molecule has 0 saturated carbocycles. The van der Waals surface area contributed by atoms with Crippen molar-refractivity contribution in [3.8, 4) is 28.7 Å². The number of benzene rings is 2. The predicted octanol–water partition coefficient (Wildman–Crippen LogP) is 2.76. The SMILES string of the molecule is COc1cc([C@@H]2c3cc4c(cc3[C@@H](O)[C@H]3COC(=O)[C@H]23)OCO4)c(Cl)c(OC)c1O. The van der Waals surface area contributed by atoms with Gasteiger partial charge in [-0.3, -0.25) is 4.79 Å². The molecule has 2 N–H and O–H groups in total. The third kappa shape index (κ3) is 2.53. The van der Waals surface area contributed by atoms with Gasteiger partial charge in [0.2, 0.25) is 12.5 Å². The van der Waals surface area contributed by atoms with E-state index in [-0.39, 0.29) is 35.7 Å². The van der Waals surface area contributed by atoms with E-state index >= 15 is 0 Å². The summed E-state index contributed by atoms with van der Waals surface area (Å²) in [6.45, 7) is 0.175. The molecule has 5 rings (SSSR count). The number of esters is 1. The highest BCUT2D eigenvalue weighted by molar-refractivity contribution is 6.33. The number of cyclic esters (lactones) is 1. The monoisotopic (exact) mass is 434 g/mol. The number of aliphatic hydroxyl groups excluding tert-OH is 1. The highest BCUT2D eigenvalue weighted by Gasteiger charge is 2.52. The maximum absolute atomic E-state index is 12.7. The van der Waals surface area contributed by atoms with E-state index in [9.17, 15) is 15.0 Å². The van der Waals surface area contributed by atoms with E-state index in [1.54, 1.807) is 18.2 Å². The van der Waals surface area contributed by atoms with Gasteiger partial charge in [-0.15, -0.1) is 0 Å². The summed E-state index contributed by atoms with van der Waals surface area (Å²) in [5.74, 6) is -1.12. The summed E-state index contributed by atoms with van der Waals surface area (Å²) in [5, 5.41) is 21.6. The lowest BCUT2D eigenvalue weighted by atomic mass is 9.66. The lowest BCUT2D eigenvalue weighted by Gasteiger charge is -2.37. The number of carbonyl (C=O) groups excluding carboxylic acids is 1. The summed E-state index contributed by atoms with van der Waals surface area (Å²) in [6.07, 6.45) is -0.915. The maximum Gasteiger partial charge on any atom is 0.310 e. The van der Waals surface area contributed by atoms with Crippen LogP contribution < -0.4 is 18.9 Å². The Kier molecular flexibility index (Phi) is 4.37. The normalized spacial score (nSPS) is 26.1. The lowest BCUT2D eigenvalue weighted by molar-refractivity contribution is -0.141. The first-order valence-electron chi connectivity index (χ1n) is 9.37. The molecular formula is C21H19ClO8. The van der Waals surface area contributed by atoms with E-state index in [2.05, 4.69) is 0 Å². The Bertz CT molecular complexity index is 1050. The van der Waals surface area contributed by atoms with Gasteiger partial charge < -0.3 is 33.9 Å². The Hall–Kier alpha value is -2.84. The second kappa shape index (κ2) is 6.85. The van der Waals surface area contributed by atoms with Gasteiger partial charge in [-0.25, -0.2) is 0 Å². The van der Waals surface area contributed by atoms with Crippen LogP contribution in [0.1, 0.15) is 28.7 Å². The molecule has 8 nitrogen and oxygen atoms in total. The van der Waals surface area contributed by atoms with Crippen molar-refractivity contribution in [1.82, 2.24) is 0 Å². The second-order valence-corrected chi connectivity index (χ2v) is 7.82. The summed E-state index contributed by atoms with van der Waals surface area (Å²) in [4.78, 5) is 12.7. The molecule has 0 amide bonds. The molecule has 4 atom stereocenters. The number of aliphatic hydroxyl groups is 1. The van der Waals surface area contributed by atoms with Crippen LogP contribution in [0.15, 0.2) is 18.2 Å². The predicted molar refractivity (Wildman–Crippen MR) is 104 cm³/mol. The zero-order valence-corrected chi connectivity index (χ0v) is 16.9. The van der Waals surface area contributed by atoms with Crippen molar-refractivity contribution in [2.75, 3.05) is 27.6 Å². The van der Waals surface area contributed by atoms with Crippen LogP contribution in [-0.2, 0) is 9.53 Å². The largest absolute Gasteiger partial charge is 0.502 e. The Balaban J connectivity index is 1.79. The summed E-state index contributed by atoms with van der Waals surface area (Å²) in [5.41, 5.74) is 1.80. The van der Waals surface area contributed by atoms with Crippen LogP contribution in [-0.4, -0.2) is 43.8 Å². The first-order valence-corrected chi connectivity index (χ1v) is 9.75. The highest BCUT2D eigenvalue weighted by atomic mass is 35.5. The number of phenolic OH excluding ortho intramolecular Hbond substituents is 1. The fourth-order valence-electron chi connectivity index (χ4n) is 4.70. The van der Waals surface area contributed by atoms with Crippen molar-refractivity contribution in [3.05, 3.63) is 39.9 Å². The lowest BCUT2D eigenvalue weighted by Crippen LogP contribution is -2.34. The van der Waals surface area contributed by atoms with Crippen LogP contribution in [0.3, 0.4) is 0 Å². The molecule has 0 radical (unpaired) electrons. The topological polar surface area (TPSA) is 104 Å². The zero-order valence-electron chi connectivity index (χ0n) is 16.2. The number of fused-ring (bicyclic) bond motifs is 3. The van der Waals surface area contributed by atoms with Crippen LogP contribution in [0.4, 0.5) is 0 Å². The fourth-order valence-corrected chi connectivity index (χ4v) is 5.03. The number of ether oxygens (including phenoxy) is 5. The smallest absolute Gasteiger partial charge is 0.310 e. The zero-order chi connectivity index (χ0) is 21.2. The van der Waals surface area contributed by atoms with E-state index in [4.69, 9.17) is 35.3 Å². The first kappa shape index (κ1) is 19.1. The number of rotatable bonds is 3. The molecule has 0 unspecified atom stereocenters. The van der Waals surface area contributed by atoms with Gasteiger partial charge in [-0.1, -0.05) is 11.6 Å². The summed E-state index contributed by atoms with van der Waals surface area (Å²) in [7, 11) is 2.79. The van der Waals surface area contributed by atoms with Crippen molar-refractivity contribution in [2.45, 2.75) is 12.0 Å². The third-order valence-electron chi connectivity index (χ3n) is 6.10. The number of halogens is 1. The molecule has 30 heavy (non-hydrogen) atoms. The molecule has 9 heteroatoms. The first-order chi connectivity index (χ1) is 14.5. The Morgan fingerprint density at radius 2 is 1.73 bits per heavy atom. The number of aromatic hydroxyl groups is 1. The third-order valence-corrected chi connectivity index (χ3v) is 6.48. The van der Waals surface area contributed by atoms with Crippen LogP contribution in [0.2, 0.25) is 5.02 Å². The molecule has 2 aromatic rings. The van der Waals surface area contributed by atoms with E-state index in [0.717, 1.165) is 0 Å². The van der Waals surface area contributed by atoms with Crippen molar-refractivity contribution in [1.29, 1.82) is 0 Å². The molecule has 2 heterocycles. The average molecular weight is 435 g/mol. The van der Waals surface area contributed by atoms with Gasteiger partial charge in [-0.2, -0.15) is 0 Å². The van der Waals surface area contributed by atoms with Gasteiger partial charge in [0.25, 0.3) is 0 Å². The molecule has 0 aromatic heterocycles. The van der Waals surface area contributed by atoms with Gasteiger partial charge in [0, 0.05) is 11.8 Å². The van der Waals surface area contributed by atoms with Crippen LogP contribution in [0.5, 0.6) is 28.7 Å². The van der Waals surface area contributed by atoms with Crippen molar-refractivity contribution < 1.29 is 38.7 Å². The van der Waals surface area contributed by atoms with Gasteiger partial charge in [0.1, 0.15) is 0 Å². The molecule has 158 valence electrons. The molecule has 1 fully saturated rings. The Morgan fingerprint density at radius 1 is 1.03 bits per heavy atom. The number of carbonyl (C=O) groups is 1. The minimum Gasteiger partial charge on any atom is -0.502 e.